The molecule has 3 aromatic rings. The van der Waals surface area contributed by atoms with E-state index in [-0.39, 0.29) is 18.1 Å². The van der Waals surface area contributed by atoms with Gasteiger partial charge in [-0.1, -0.05) is 30.3 Å². The first kappa shape index (κ1) is 19.5. The molecule has 1 aromatic heterocycles. The van der Waals surface area contributed by atoms with E-state index in [1.54, 1.807) is 18.3 Å². The maximum atomic E-state index is 12.9. The Balaban J connectivity index is 1.75. The number of aromatic nitrogens is 1. The van der Waals surface area contributed by atoms with E-state index in [0.29, 0.717) is 0 Å². The third-order valence-electron chi connectivity index (χ3n) is 4.80. The molecule has 2 aromatic carbocycles. The standard InChI is InChI=1S/C23H24FN3O/c1-15-6-5-7-16(2)23(15)27-17(3)12-20(18(27)4)14-25-26-22(28)13-19-8-10-21(24)11-9-19/h5-12,14H,13H2,1-4H3,(H,26,28)/b25-14+. The molecular weight excluding hydrogens is 353 g/mol. The molecule has 0 spiro atoms. The van der Waals surface area contributed by atoms with E-state index in [1.807, 2.05) is 6.92 Å². The van der Waals surface area contributed by atoms with Crippen LogP contribution in [-0.2, 0) is 11.2 Å². The average Bonchev–Trinajstić information content (AvgIpc) is 2.91. The monoisotopic (exact) mass is 377 g/mol. The summed E-state index contributed by atoms with van der Waals surface area (Å²) in [7, 11) is 0. The fourth-order valence-electron chi connectivity index (χ4n) is 3.42. The van der Waals surface area contributed by atoms with Gasteiger partial charge in [0.2, 0.25) is 5.91 Å². The predicted octanol–water partition coefficient (Wildman–Crippen LogP) is 4.54. The molecule has 0 aliphatic carbocycles. The maximum Gasteiger partial charge on any atom is 0.244 e. The molecule has 3 rings (SSSR count). The van der Waals surface area contributed by atoms with Crippen LogP contribution in [0, 0.1) is 33.5 Å². The zero-order valence-corrected chi connectivity index (χ0v) is 16.6. The number of hydrazone groups is 1. The first-order valence-electron chi connectivity index (χ1n) is 9.18. The van der Waals surface area contributed by atoms with Crippen LogP contribution in [0.2, 0.25) is 0 Å². The molecule has 0 fully saturated rings. The molecule has 0 saturated heterocycles. The van der Waals surface area contributed by atoms with Crippen LogP contribution < -0.4 is 5.43 Å². The Morgan fingerprint density at radius 2 is 1.71 bits per heavy atom. The quantitative estimate of drug-likeness (QED) is 0.515. The lowest BCUT2D eigenvalue weighted by Crippen LogP contribution is -2.19. The van der Waals surface area contributed by atoms with E-state index in [9.17, 15) is 9.18 Å². The lowest BCUT2D eigenvalue weighted by Gasteiger charge is -2.15. The molecule has 4 nitrogen and oxygen atoms in total. The molecule has 0 atom stereocenters. The van der Waals surface area contributed by atoms with E-state index in [1.165, 1.54) is 28.9 Å². The number of carbonyl (C=O) groups excluding carboxylic acids is 1. The SMILES string of the molecule is Cc1cccc(C)c1-n1c(C)cc(/C=N/NC(=O)Cc2ccc(F)cc2)c1C. The van der Waals surface area contributed by atoms with Crippen molar-refractivity contribution in [2.75, 3.05) is 0 Å². The number of benzene rings is 2. The molecule has 0 aliphatic heterocycles. The van der Waals surface area contributed by atoms with Gasteiger partial charge in [0.1, 0.15) is 5.82 Å². The van der Waals surface area contributed by atoms with Crippen molar-refractivity contribution in [3.05, 3.63) is 88.0 Å². The fraction of sp³-hybridized carbons (Fsp3) is 0.217. The molecule has 1 heterocycles. The number of amides is 1. The zero-order valence-electron chi connectivity index (χ0n) is 16.6. The van der Waals surface area contributed by atoms with Crippen molar-refractivity contribution in [2.24, 2.45) is 5.10 Å². The number of hydrogen-bond acceptors (Lipinski definition) is 2. The van der Waals surface area contributed by atoms with Gasteiger partial charge in [-0.3, -0.25) is 4.79 Å². The van der Waals surface area contributed by atoms with Crippen LogP contribution in [-0.4, -0.2) is 16.7 Å². The minimum atomic E-state index is -0.318. The zero-order chi connectivity index (χ0) is 20.3. The molecule has 0 bridgehead atoms. The molecule has 1 N–H and O–H groups in total. The first-order chi connectivity index (χ1) is 13.4. The lowest BCUT2D eigenvalue weighted by atomic mass is 10.1. The number of hydrogen-bond donors (Lipinski definition) is 1. The summed E-state index contributed by atoms with van der Waals surface area (Å²) in [5.41, 5.74) is 9.98. The Morgan fingerprint density at radius 3 is 2.36 bits per heavy atom. The Hall–Kier alpha value is -3.21. The Morgan fingerprint density at radius 1 is 1.07 bits per heavy atom. The Bertz CT molecular complexity index is 1010. The van der Waals surface area contributed by atoms with Gasteiger partial charge in [0.25, 0.3) is 0 Å². The fourth-order valence-corrected chi connectivity index (χ4v) is 3.42. The summed E-state index contributed by atoms with van der Waals surface area (Å²) in [4.78, 5) is 12.0. The van der Waals surface area contributed by atoms with Crippen molar-refractivity contribution in [2.45, 2.75) is 34.1 Å². The third-order valence-corrected chi connectivity index (χ3v) is 4.80. The van der Waals surface area contributed by atoms with E-state index in [2.05, 4.69) is 60.1 Å². The van der Waals surface area contributed by atoms with E-state index in [4.69, 9.17) is 0 Å². The van der Waals surface area contributed by atoms with Gasteiger partial charge in [-0.05, 0) is 62.6 Å². The largest absolute Gasteiger partial charge is 0.317 e. The van der Waals surface area contributed by atoms with Crippen molar-refractivity contribution in [1.29, 1.82) is 0 Å². The second-order valence-corrected chi connectivity index (χ2v) is 7.00. The van der Waals surface area contributed by atoms with Crippen LogP contribution in [0.3, 0.4) is 0 Å². The Kier molecular flexibility index (Phi) is 5.73. The molecule has 0 unspecified atom stereocenters. The van der Waals surface area contributed by atoms with Crippen LogP contribution in [0.4, 0.5) is 4.39 Å². The summed E-state index contributed by atoms with van der Waals surface area (Å²) in [5, 5.41) is 4.10. The van der Waals surface area contributed by atoms with Gasteiger partial charge in [0.05, 0.1) is 18.3 Å². The highest BCUT2D eigenvalue weighted by Crippen LogP contribution is 2.25. The Labute approximate surface area is 164 Å². The van der Waals surface area contributed by atoms with Gasteiger partial charge in [0, 0.05) is 17.0 Å². The number of halogens is 1. The van der Waals surface area contributed by atoms with Crippen molar-refractivity contribution in [3.8, 4) is 5.69 Å². The van der Waals surface area contributed by atoms with Gasteiger partial charge in [-0.2, -0.15) is 5.10 Å². The van der Waals surface area contributed by atoms with Crippen molar-refractivity contribution in [1.82, 2.24) is 9.99 Å². The third kappa shape index (κ3) is 4.19. The van der Waals surface area contributed by atoms with Gasteiger partial charge in [-0.15, -0.1) is 0 Å². The van der Waals surface area contributed by atoms with Crippen LogP contribution >= 0.6 is 0 Å². The maximum absolute atomic E-state index is 12.9. The molecule has 0 aliphatic rings. The molecule has 0 saturated carbocycles. The minimum Gasteiger partial charge on any atom is -0.317 e. The highest BCUT2D eigenvalue weighted by atomic mass is 19.1. The van der Waals surface area contributed by atoms with Gasteiger partial charge in [0.15, 0.2) is 0 Å². The van der Waals surface area contributed by atoms with Crippen molar-refractivity contribution >= 4 is 12.1 Å². The van der Waals surface area contributed by atoms with E-state index < -0.39 is 0 Å². The summed E-state index contributed by atoms with van der Waals surface area (Å²) < 4.78 is 15.1. The first-order valence-corrected chi connectivity index (χ1v) is 9.18. The summed E-state index contributed by atoms with van der Waals surface area (Å²) in [5.74, 6) is -0.562. The molecule has 144 valence electrons. The smallest absolute Gasteiger partial charge is 0.244 e. The van der Waals surface area contributed by atoms with E-state index in [0.717, 1.165) is 22.5 Å². The molecule has 28 heavy (non-hydrogen) atoms. The van der Waals surface area contributed by atoms with Crippen LogP contribution in [0.1, 0.15) is 33.6 Å². The molecule has 0 radical (unpaired) electrons. The molecule has 1 amide bonds. The van der Waals surface area contributed by atoms with Gasteiger partial charge in [-0.25, -0.2) is 9.82 Å². The number of aryl methyl sites for hydroxylation is 3. The highest BCUT2D eigenvalue weighted by Gasteiger charge is 2.13. The second-order valence-electron chi connectivity index (χ2n) is 7.00. The summed E-state index contributed by atoms with van der Waals surface area (Å²) in [6.45, 7) is 8.30. The van der Waals surface area contributed by atoms with Gasteiger partial charge >= 0.3 is 0 Å². The minimum absolute atomic E-state index is 0.152. The van der Waals surface area contributed by atoms with Crippen LogP contribution in [0.25, 0.3) is 5.69 Å². The average molecular weight is 377 g/mol. The summed E-state index contributed by atoms with van der Waals surface area (Å²) >= 11 is 0. The van der Waals surface area contributed by atoms with Gasteiger partial charge < -0.3 is 4.57 Å². The predicted molar refractivity (Wildman–Crippen MR) is 111 cm³/mol. The second kappa shape index (κ2) is 8.21. The highest BCUT2D eigenvalue weighted by molar-refractivity contribution is 5.85. The number of nitrogens with one attached hydrogen (secondary N) is 1. The number of nitrogens with zero attached hydrogens (tertiary/aromatic N) is 2. The van der Waals surface area contributed by atoms with E-state index >= 15 is 0 Å². The number of rotatable bonds is 5. The summed E-state index contributed by atoms with van der Waals surface area (Å²) in [6, 6.07) is 14.2. The van der Waals surface area contributed by atoms with Crippen molar-refractivity contribution in [3.63, 3.8) is 0 Å². The summed E-state index contributed by atoms with van der Waals surface area (Å²) in [6.07, 6.45) is 1.81. The lowest BCUT2D eigenvalue weighted by molar-refractivity contribution is -0.120. The number of para-hydroxylation sites is 1. The number of carbonyl (C=O) groups is 1. The van der Waals surface area contributed by atoms with Crippen molar-refractivity contribution < 1.29 is 9.18 Å². The topological polar surface area (TPSA) is 46.4 Å². The van der Waals surface area contributed by atoms with Crippen LogP contribution in [0.15, 0.2) is 53.6 Å². The normalized spacial score (nSPS) is 11.2. The molecule has 5 heteroatoms. The molecular formula is C23H24FN3O. The van der Waals surface area contributed by atoms with Crippen LogP contribution in [0.5, 0.6) is 0 Å².